The Morgan fingerprint density at radius 2 is 2.00 bits per heavy atom. The molecular weight excluding hydrogens is 138 g/mol. The molecule has 1 aromatic carbocycles. The van der Waals surface area contributed by atoms with Gasteiger partial charge in [0.25, 0.3) is 0 Å². The Morgan fingerprint density at radius 3 is 2.64 bits per heavy atom. The van der Waals surface area contributed by atoms with E-state index in [9.17, 15) is 0 Å². The molecule has 1 N–H and O–H groups in total. The molecule has 0 aliphatic heterocycles. The first-order valence-corrected chi connectivity index (χ1v) is 3.43. The van der Waals surface area contributed by atoms with Crippen LogP contribution in [0.4, 0.5) is 0 Å². The van der Waals surface area contributed by atoms with Crippen molar-refractivity contribution in [1.82, 2.24) is 5.48 Å². The van der Waals surface area contributed by atoms with Crippen LogP contribution in [0.3, 0.4) is 0 Å². The predicted molar refractivity (Wildman–Crippen MR) is 45.6 cm³/mol. The lowest BCUT2D eigenvalue weighted by Crippen LogP contribution is -1.99. The Kier molecular flexibility index (Phi) is 3.22. The summed E-state index contributed by atoms with van der Waals surface area (Å²) in [5.41, 5.74) is 3.77. The predicted octanol–water partition coefficient (Wildman–Crippen LogP) is 1.81. The zero-order valence-corrected chi connectivity index (χ0v) is 6.45. The zero-order valence-electron chi connectivity index (χ0n) is 6.45. The van der Waals surface area contributed by atoms with E-state index >= 15 is 0 Å². The molecule has 0 unspecified atom stereocenters. The Hall–Kier alpha value is -1.28. The van der Waals surface area contributed by atoms with E-state index in [4.69, 9.17) is 0 Å². The fraction of sp³-hybridized carbons (Fsp3) is 0.111. The SMILES string of the molecule is CON/C=C/c1ccccc1. The van der Waals surface area contributed by atoms with Crippen molar-refractivity contribution in [3.05, 3.63) is 42.1 Å². The van der Waals surface area contributed by atoms with Gasteiger partial charge in [-0.1, -0.05) is 30.3 Å². The van der Waals surface area contributed by atoms with Gasteiger partial charge in [0.1, 0.15) is 0 Å². The molecule has 2 heteroatoms. The van der Waals surface area contributed by atoms with E-state index < -0.39 is 0 Å². The maximum absolute atomic E-state index is 4.63. The first-order chi connectivity index (χ1) is 5.43. The van der Waals surface area contributed by atoms with Crippen molar-refractivity contribution < 1.29 is 4.84 Å². The maximum Gasteiger partial charge on any atom is 0.0636 e. The molecule has 0 atom stereocenters. The third-order valence-electron chi connectivity index (χ3n) is 1.26. The van der Waals surface area contributed by atoms with Crippen LogP contribution in [-0.2, 0) is 4.84 Å². The van der Waals surface area contributed by atoms with E-state index in [1.54, 1.807) is 13.3 Å². The molecule has 0 aromatic heterocycles. The Labute approximate surface area is 66.5 Å². The number of hydrogen-bond donors (Lipinski definition) is 1. The smallest absolute Gasteiger partial charge is 0.0636 e. The highest BCUT2D eigenvalue weighted by molar-refractivity contribution is 5.47. The fourth-order valence-electron chi connectivity index (χ4n) is 0.762. The normalized spacial score (nSPS) is 10.3. The van der Waals surface area contributed by atoms with Gasteiger partial charge in [-0.2, -0.15) is 0 Å². The molecule has 2 nitrogen and oxygen atoms in total. The van der Waals surface area contributed by atoms with Gasteiger partial charge in [0.05, 0.1) is 7.11 Å². The van der Waals surface area contributed by atoms with E-state index in [2.05, 4.69) is 10.3 Å². The summed E-state index contributed by atoms with van der Waals surface area (Å²) in [6, 6.07) is 10.0. The van der Waals surface area contributed by atoms with E-state index in [0.29, 0.717) is 0 Å². The highest BCUT2D eigenvalue weighted by Gasteiger charge is 1.79. The van der Waals surface area contributed by atoms with E-state index in [0.717, 1.165) is 5.56 Å². The standard InChI is InChI=1S/C9H11NO/c1-11-10-8-7-9-5-3-2-4-6-9/h2-8,10H,1H3/b8-7+. The van der Waals surface area contributed by atoms with Crippen molar-refractivity contribution in [3.63, 3.8) is 0 Å². The number of nitrogens with one attached hydrogen (secondary N) is 1. The molecule has 0 saturated heterocycles. The van der Waals surface area contributed by atoms with Crippen LogP contribution in [0.2, 0.25) is 0 Å². The molecule has 58 valence electrons. The lowest BCUT2D eigenvalue weighted by molar-refractivity contribution is 0.129. The van der Waals surface area contributed by atoms with Crippen LogP contribution >= 0.6 is 0 Å². The van der Waals surface area contributed by atoms with Gasteiger partial charge in [-0.3, -0.25) is 10.3 Å². The second kappa shape index (κ2) is 4.52. The van der Waals surface area contributed by atoms with Gasteiger partial charge in [-0.15, -0.1) is 0 Å². The highest BCUT2D eigenvalue weighted by atomic mass is 16.6. The van der Waals surface area contributed by atoms with Crippen LogP contribution in [0.15, 0.2) is 36.5 Å². The summed E-state index contributed by atoms with van der Waals surface area (Å²) in [5.74, 6) is 0. The molecule has 1 rings (SSSR count). The molecule has 0 aliphatic rings. The number of hydroxylamine groups is 1. The van der Waals surface area contributed by atoms with Crippen molar-refractivity contribution in [2.24, 2.45) is 0 Å². The zero-order chi connectivity index (χ0) is 7.94. The maximum atomic E-state index is 4.63. The molecule has 11 heavy (non-hydrogen) atoms. The summed E-state index contributed by atoms with van der Waals surface area (Å²) in [4.78, 5) is 4.63. The monoisotopic (exact) mass is 149 g/mol. The van der Waals surface area contributed by atoms with Gasteiger partial charge in [0.15, 0.2) is 0 Å². The van der Waals surface area contributed by atoms with Gasteiger partial charge >= 0.3 is 0 Å². The minimum atomic E-state index is 1.15. The molecule has 0 bridgehead atoms. The quantitative estimate of drug-likeness (QED) is 0.662. The first kappa shape index (κ1) is 7.82. The summed E-state index contributed by atoms with van der Waals surface area (Å²) in [6.07, 6.45) is 3.68. The molecule has 0 radical (unpaired) electrons. The van der Waals surface area contributed by atoms with Gasteiger partial charge in [0.2, 0.25) is 0 Å². The lowest BCUT2D eigenvalue weighted by Gasteiger charge is -1.93. The lowest BCUT2D eigenvalue weighted by atomic mass is 10.2. The third kappa shape index (κ3) is 2.87. The highest BCUT2D eigenvalue weighted by Crippen LogP contribution is 1.99. The minimum absolute atomic E-state index is 1.15. The summed E-state index contributed by atoms with van der Waals surface area (Å²) in [6.45, 7) is 0. The Balaban J connectivity index is 2.50. The molecular formula is C9H11NO. The summed E-state index contributed by atoms with van der Waals surface area (Å²) < 4.78 is 0. The summed E-state index contributed by atoms with van der Waals surface area (Å²) >= 11 is 0. The minimum Gasteiger partial charge on any atom is -0.280 e. The third-order valence-corrected chi connectivity index (χ3v) is 1.26. The Bertz CT molecular complexity index is 218. The second-order valence-corrected chi connectivity index (χ2v) is 2.07. The van der Waals surface area contributed by atoms with Gasteiger partial charge in [-0.05, 0) is 11.6 Å². The largest absolute Gasteiger partial charge is 0.280 e. The van der Waals surface area contributed by atoms with Gasteiger partial charge in [0, 0.05) is 6.20 Å². The summed E-state index contributed by atoms with van der Waals surface area (Å²) in [5, 5.41) is 0. The summed E-state index contributed by atoms with van der Waals surface area (Å²) in [7, 11) is 1.58. The molecule has 1 aromatic rings. The number of hydrogen-bond acceptors (Lipinski definition) is 2. The van der Waals surface area contributed by atoms with Crippen LogP contribution in [0.25, 0.3) is 6.08 Å². The second-order valence-electron chi connectivity index (χ2n) is 2.07. The molecule has 0 heterocycles. The van der Waals surface area contributed by atoms with Crippen LogP contribution in [0, 0.1) is 0 Å². The first-order valence-electron chi connectivity index (χ1n) is 3.43. The Morgan fingerprint density at radius 1 is 1.27 bits per heavy atom. The van der Waals surface area contributed by atoms with Gasteiger partial charge < -0.3 is 0 Å². The van der Waals surface area contributed by atoms with E-state index in [1.165, 1.54) is 0 Å². The number of benzene rings is 1. The van der Waals surface area contributed by atoms with Crippen LogP contribution in [0.1, 0.15) is 5.56 Å². The molecule has 0 fully saturated rings. The van der Waals surface area contributed by atoms with E-state index in [1.807, 2.05) is 36.4 Å². The van der Waals surface area contributed by atoms with Crippen molar-refractivity contribution in [2.45, 2.75) is 0 Å². The van der Waals surface area contributed by atoms with Crippen molar-refractivity contribution in [1.29, 1.82) is 0 Å². The fourth-order valence-corrected chi connectivity index (χ4v) is 0.762. The van der Waals surface area contributed by atoms with Crippen molar-refractivity contribution >= 4 is 6.08 Å². The average molecular weight is 149 g/mol. The molecule has 0 saturated carbocycles. The molecule has 0 aliphatic carbocycles. The van der Waals surface area contributed by atoms with Crippen LogP contribution < -0.4 is 5.48 Å². The van der Waals surface area contributed by atoms with Gasteiger partial charge in [-0.25, -0.2) is 0 Å². The number of rotatable bonds is 3. The van der Waals surface area contributed by atoms with Crippen molar-refractivity contribution in [3.8, 4) is 0 Å². The molecule has 0 amide bonds. The van der Waals surface area contributed by atoms with Crippen molar-refractivity contribution in [2.75, 3.05) is 7.11 Å². The topological polar surface area (TPSA) is 21.3 Å². The average Bonchev–Trinajstić information content (AvgIpc) is 2.07. The van der Waals surface area contributed by atoms with Crippen LogP contribution in [-0.4, -0.2) is 7.11 Å². The van der Waals surface area contributed by atoms with E-state index in [-0.39, 0.29) is 0 Å². The molecule has 0 spiro atoms. The van der Waals surface area contributed by atoms with Crippen LogP contribution in [0.5, 0.6) is 0 Å².